The largest absolute Gasteiger partial charge is 0.350 e. The zero-order valence-corrected chi connectivity index (χ0v) is 12.3. The molecule has 1 amide bonds. The molecular weight excluding hydrogens is 272 g/mol. The topological polar surface area (TPSA) is 85.3 Å². The van der Waals surface area contributed by atoms with Gasteiger partial charge in [-0.15, -0.1) is 0 Å². The molecule has 21 heavy (non-hydrogen) atoms. The van der Waals surface area contributed by atoms with Crippen LogP contribution in [0.5, 0.6) is 0 Å². The fraction of sp³-hybridized carbons (Fsp3) is 0.571. The quantitative estimate of drug-likeness (QED) is 0.849. The summed E-state index contributed by atoms with van der Waals surface area (Å²) in [5.41, 5.74) is 1.92. The maximum atomic E-state index is 12.4. The van der Waals surface area contributed by atoms with Gasteiger partial charge in [0, 0.05) is 32.5 Å². The highest BCUT2D eigenvalue weighted by atomic mass is 16.5. The van der Waals surface area contributed by atoms with Crippen LogP contribution in [0.4, 0.5) is 0 Å². The highest BCUT2D eigenvalue weighted by Crippen LogP contribution is 2.24. The maximum Gasteiger partial charge on any atom is 0.292 e. The van der Waals surface area contributed by atoms with Crippen LogP contribution in [0.25, 0.3) is 0 Å². The standard InChI is InChI=1S/C14H18N4O3/c1-9-15-12(17-20-9)7-8-18(2)14(19)13-10-5-3-4-6-11(10)16-21-13/h3-8H2,1-2H3. The normalized spacial score (nSPS) is 14.0. The lowest BCUT2D eigenvalue weighted by molar-refractivity contribution is 0.0753. The summed E-state index contributed by atoms with van der Waals surface area (Å²) in [5, 5.41) is 7.84. The number of rotatable bonds is 4. The number of hydrogen-bond acceptors (Lipinski definition) is 6. The van der Waals surface area contributed by atoms with Crippen molar-refractivity contribution in [2.24, 2.45) is 0 Å². The van der Waals surface area contributed by atoms with Gasteiger partial charge in [-0.25, -0.2) is 0 Å². The van der Waals surface area contributed by atoms with E-state index in [1.54, 1.807) is 18.9 Å². The molecule has 0 aliphatic heterocycles. The van der Waals surface area contributed by atoms with Gasteiger partial charge in [0.2, 0.25) is 11.7 Å². The summed E-state index contributed by atoms with van der Waals surface area (Å²) < 4.78 is 10.2. The highest BCUT2D eigenvalue weighted by molar-refractivity contribution is 5.92. The van der Waals surface area contributed by atoms with E-state index in [4.69, 9.17) is 9.05 Å². The fourth-order valence-corrected chi connectivity index (χ4v) is 2.54. The van der Waals surface area contributed by atoms with Crippen molar-refractivity contribution in [3.05, 3.63) is 28.7 Å². The average molecular weight is 290 g/mol. The highest BCUT2D eigenvalue weighted by Gasteiger charge is 2.26. The van der Waals surface area contributed by atoms with Crippen LogP contribution in [0.3, 0.4) is 0 Å². The van der Waals surface area contributed by atoms with Crippen LogP contribution in [0.2, 0.25) is 0 Å². The molecule has 0 N–H and O–H groups in total. The molecule has 0 fully saturated rings. The predicted molar refractivity (Wildman–Crippen MR) is 72.8 cm³/mol. The first-order valence-electron chi connectivity index (χ1n) is 7.17. The molecule has 1 aliphatic rings. The van der Waals surface area contributed by atoms with Crippen LogP contribution in [-0.4, -0.2) is 39.7 Å². The Morgan fingerprint density at radius 2 is 2.05 bits per heavy atom. The molecule has 1 aliphatic carbocycles. The molecule has 7 nitrogen and oxygen atoms in total. The number of carbonyl (C=O) groups excluding carboxylic acids is 1. The van der Waals surface area contributed by atoms with Crippen molar-refractivity contribution in [2.45, 2.75) is 39.0 Å². The summed E-state index contributed by atoms with van der Waals surface area (Å²) >= 11 is 0. The summed E-state index contributed by atoms with van der Waals surface area (Å²) in [7, 11) is 1.74. The monoisotopic (exact) mass is 290 g/mol. The Hall–Kier alpha value is -2.18. The van der Waals surface area contributed by atoms with Gasteiger partial charge < -0.3 is 13.9 Å². The second kappa shape index (κ2) is 5.67. The molecule has 3 rings (SSSR count). The van der Waals surface area contributed by atoms with Gasteiger partial charge in [0.05, 0.1) is 5.69 Å². The Bertz CT molecular complexity index is 646. The Kier molecular flexibility index (Phi) is 3.72. The van der Waals surface area contributed by atoms with Gasteiger partial charge in [-0.2, -0.15) is 4.98 Å². The SMILES string of the molecule is Cc1nc(CCN(C)C(=O)c2onc3c2CCCC3)no1. The van der Waals surface area contributed by atoms with Crippen molar-refractivity contribution in [2.75, 3.05) is 13.6 Å². The summed E-state index contributed by atoms with van der Waals surface area (Å²) in [6.45, 7) is 2.25. The number of fused-ring (bicyclic) bond motifs is 1. The molecule has 7 heteroatoms. The Morgan fingerprint density at radius 1 is 1.24 bits per heavy atom. The van der Waals surface area contributed by atoms with E-state index in [0.717, 1.165) is 36.9 Å². The van der Waals surface area contributed by atoms with Crippen LogP contribution in [-0.2, 0) is 19.3 Å². The molecule has 0 saturated carbocycles. The van der Waals surface area contributed by atoms with Gasteiger partial charge >= 0.3 is 0 Å². The van der Waals surface area contributed by atoms with Crippen LogP contribution < -0.4 is 0 Å². The molecular formula is C14H18N4O3. The fourth-order valence-electron chi connectivity index (χ4n) is 2.54. The third kappa shape index (κ3) is 2.81. The second-order valence-corrected chi connectivity index (χ2v) is 5.35. The van der Waals surface area contributed by atoms with E-state index < -0.39 is 0 Å². The van der Waals surface area contributed by atoms with Crippen molar-refractivity contribution >= 4 is 5.91 Å². The lowest BCUT2D eigenvalue weighted by Crippen LogP contribution is -2.29. The first-order valence-corrected chi connectivity index (χ1v) is 7.17. The van der Waals surface area contributed by atoms with E-state index in [0.29, 0.717) is 30.4 Å². The summed E-state index contributed by atoms with van der Waals surface area (Å²) in [6, 6.07) is 0. The van der Waals surface area contributed by atoms with Crippen molar-refractivity contribution in [1.29, 1.82) is 0 Å². The maximum absolute atomic E-state index is 12.4. The molecule has 2 aromatic heterocycles. The zero-order valence-electron chi connectivity index (χ0n) is 12.3. The van der Waals surface area contributed by atoms with E-state index in [2.05, 4.69) is 15.3 Å². The average Bonchev–Trinajstić information content (AvgIpc) is 3.10. The third-order valence-electron chi connectivity index (χ3n) is 3.74. The van der Waals surface area contributed by atoms with E-state index in [1.807, 2.05) is 0 Å². The van der Waals surface area contributed by atoms with Crippen molar-refractivity contribution in [1.82, 2.24) is 20.2 Å². The minimum absolute atomic E-state index is 0.133. The molecule has 112 valence electrons. The lowest BCUT2D eigenvalue weighted by atomic mass is 9.96. The molecule has 0 saturated heterocycles. The van der Waals surface area contributed by atoms with Gasteiger partial charge in [-0.1, -0.05) is 10.3 Å². The first-order chi connectivity index (χ1) is 10.1. The molecule has 0 aromatic carbocycles. The molecule has 0 spiro atoms. The van der Waals surface area contributed by atoms with E-state index >= 15 is 0 Å². The molecule has 0 unspecified atom stereocenters. The van der Waals surface area contributed by atoms with Gasteiger partial charge in [0.1, 0.15) is 0 Å². The number of aromatic nitrogens is 3. The molecule has 2 aromatic rings. The number of hydrogen-bond donors (Lipinski definition) is 0. The van der Waals surface area contributed by atoms with E-state index in [1.165, 1.54) is 0 Å². The van der Waals surface area contributed by atoms with Crippen LogP contribution in [0, 0.1) is 6.92 Å². The molecule has 0 atom stereocenters. The van der Waals surface area contributed by atoms with E-state index in [-0.39, 0.29) is 5.91 Å². The van der Waals surface area contributed by atoms with Crippen molar-refractivity contribution in [3.8, 4) is 0 Å². The Balaban J connectivity index is 1.65. The molecule has 0 radical (unpaired) electrons. The number of amides is 1. The number of nitrogens with zero attached hydrogens (tertiary/aromatic N) is 4. The molecule has 2 heterocycles. The summed E-state index contributed by atoms with van der Waals surface area (Å²) in [6.07, 6.45) is 4.52. The summed E-state index contributed by atoms with van der Waals surface area (Å²) in [4.78, 5) is 18.2. The van der Waals surface area contributed by atoms with Gasteiger partial charge in [0.25, 0.3) is 5.91 Å². The predicted octanol–water partition coefficient (Wildman–Crippen LogP) is 1.56. The second-order valence-electron chi connectivity index (χ2n) is 5.35. The van der Waals surface area contributed by atoms with E-state index in [9.17, 15) is 4.79 Å². The van der Waals surface area contributed by atoms with Gasteiger partial charge in [-0.3, -0.25) is 4.79 Å². The zero-order chi connectivity index (χ0) is 14.8. The van der Waals surface area contributed by atoms with Crippen LogP contribution in [0.15, 0.2) is 9.05 Å². The Morgan fingerprint density at radius 3 is 2.81 bits per heavy atom. The Labute approximate surface area is 122 Å². The van der Waals surface area contributed by atoms with Crippen molar-refractivity contribution in [3.63, 3.8) is 0 Å². The minimum atomic E-state index is -0.133. The summed E-state index contributed by atoms with van der Waals surface area (Å²) in [5.74, 6) is 1.39. The number of likely N-dealkylation sites (N-methyl/N-ethyl adjacent to an activating group) is 1. The van der Waals surface area contributed by atoms with Crippen LogP contribution >= 0.6 is 0 Å². The third-order valence-corrected chi connectivity index (χ3v) is 3.74. The van der Waals surface area contributed by atoms with Crippen LogP contribution in [0.1, 0.15) is 46.4 Å². The first kappa shape index (κ1) is 13.8. The number of carbonyl (C=O) groups is 1. The number of aryl methyl sites for hydroxylation is 2. The van der Waals surface area contributed by atoms with Crippen molar-refractivity contribution < 1.29 is 13.8 Å². The minimum Gasteiger partial charge on any atom is -0.350 e. The lowest BCUT2D eigenvalue weighted by Gasteiger charge is -2.16. The van der Waals surface area contributed by atoms with Gasteiger partial charge in [-0.05, 0) is 25.7 Å². The molecule has 0 bridgehead atoms. The van der Waals surface area contributed by atoms with Gasteiger partial charge in [0.15, 0.2) is 5.82 Å². The smallest absolute Gasteiger partial charge is 0.292 e.